The highest BCUT2D eigenvalue weighted by Crippen LogP contribution is 2.17. The van der Waals surface area contributed by atoms with Crippen molar-refractivity contribution in [3.05, 3.63) is 65.2 Å². The molecule has 1 fully saturated rings. The Bertz CT molecular complexity index is 782. The molecule has 0 spiro atoms. The summed E-state index contributed by atoms with van der Waals surface area (Å²) in [6, 6.07) is 14.8. The van der Waals surface area contributed by atoms with E-state index in [1.165, 1.54) is 0 Å². The van der Waals surface area contributed by atoms with Crippen LogP contribution in [-0.4, -0.2) is 31.1 Å². The van der Waals surface area contributed by atoms with Gasteiger partial charge in [0.25, 0.3) is 5.91 Å². The smallest absolute Gasteiger partial charge is 0.253 e. The van der Waals surface area contributed by atoms with E-state index in [0.717, 1.165) is 30.6 Å². The summed E-state index contributed by atoms with van der Waals surface area (Å²) in [6.07, 6.45) is 2.36. The van der Waals surface area contributed by atoms with Crippen LogP contribution in [0.2, 0.25) is 0 Å². The zero-order valence-corrected chi connectivity index (χ0v) is 15.0. The second kappa shape index (κ2) is 8.63. The molecule has 0 saturated carbocycles. The quantitative estimate of drug-likeness (QED) is 0.839. The minimum Gasteiger partial charge on any atom is -0.376 e. The van der Waals surface area contributed by atoms with E-state index < -0.39 is 0 Å². The molecule has 1 aliphatic heterocycles. The summed E-state index contributed by atoms with van der Waals surface area (Å²) >= 11 is 0. The molecule has 0 aliphatic carbocycles. The largest absolute Gasteiger partial charge is 0.376 e. The summed E-state index contributed by atoms with van der Waals surface area (Å²) in [5.41, 5.74) is 3.04. The van der Waals surface area contributed by atoms with E-state index in [1.54, 1.807) is 24.3 Å². The lowest BCUT2D eigenvalue weighted by molar-refractivity contribution is -0.115. The van der Waals surface area contributed by atoms with Gasteiger partial charge < -0.3 is 15.4 Å². The number of amides is 2. The maximum absolute atomic E-state index is 12.5. The number of para-hydroxylation sites is 1. The van der Waals surface area contributed by atoms with Crippen LogP contribution in [0.5, 0.6) is 0 Å². The van der Waals surface area contributed by atoms with Crippen molar-refractivity contribution in [2.75, 3.05) is 18.5 Å². The van der Waals surface area contributed by atoms with Gasteiger partial charge in [-0.25, -0.2) is 0 Å². The molecule has 136 valence electrons. The van der Waals surface area contributed by atoms with Crippen LogP contribution in [0.25, 0.3) is 0 Å². The fraction of sp³-hybridized carbons (Fsp3) is 0.333. The van der Waals surface area contributed by atoms with Crippen LogP contribution in [0, 0.1) is 6.92 Å². The lowest BCUT2D eigenvalue weighted by Crippen LogP contribution is -2.32. The number of benzene rings is 2. The molecular formula is C21H24N2O3. The summed E-state index contributed by atoms with van der Waals surface area (Å²) < 4.78 is 5.53. The highest BCUT2D eigenvalue weighted by atomic mass is 16.5. The summed E-state index contributed by atoms with van der Waals surface area (Å²) in [6.45, 7) is 3.23. The van der Waals surface area contributed by atoms with E-state index in [-0.39, 0.29) is 24.3 Å². The Hall–Kier alpha value is -2.66. The molecule has 2 aromatic carbocycles. The van der Waals surface area contributed by atoms with Gasteiger partial charge in [0.1, 0.15) is 0 Å². The van der Waals surface area contributed by atoms with Crippen molar-refractivity contribution in [2.45, 2.75) is 32.3 Å². The molecule has 2 aromatic rings. The van der Waals surface area contributed by atoms with Crippen LogP contribution in [0.4, 0.5) is 5.69 Å². The number of anilines is 1. The zero-order chi connectivity index (χ0) is 18.4. The molecule has 1 atom stereocenters. The number of ether oxygens (including phenoxy) is 1. The van der Waals surface area contributed by atoms with Crippen molar-refractivity contribution < 1.29 is 14.3 Å². The second-order valence-corrected chi connectivity index (χ2v) is 6.54. The van der Waals surface area contributed by atoms with E-state index in [1.807, 2.05) is 31.2 Å². The maximum Gasteiger partial charge on any atom is 0.253 e. The van der Waals surface area contributed by atoms with E-state index in [0.29, 0.717) is 17.8 Å². The summed E-state index contributed by atoms with van der Waals surface area (Å²) in [5.74, 6) is -0.342. The summed E-state index contributed by atoms with van der Waals surface area (Å²) in [5, 5.41) is 5.76. The minimum absolute atomic E-state index is 0.0850. The number of carbonyl (C=O) groups excluding carboxylic acids is 2. The molecule has 1 aliphatic rings. The molecule has 2 amide bonds. The minimum atomic E-state index is -0.202. The van der Waals surface area contributed by atoms with Crippen molar-refractivity contribution >= 4 is 17.5 Å². The van der Waals surface area contributed by atoms with Crippen molar-refractivity contribution in [3.8, 4) is 0 Å². The van der Waals surface area contributed by atoms with E-state index >= 15 is 0 Å². The molecule has 26 heavy (non-hydrogen) atoms. The molecule has 3 rings (SSSR count). The molecule has 0 bridgehead atoms. The number of hydrogen-bond donors (Lipinski definition) is 2. The first-order valence-corrected chi connectivity index (χ1v) is 8.96. The third-order valence-corrected chi connectivity index (χ3v) is 4.57. The Morgan fingerprint density at radius 1 is 1.12 bits per heavy atom. The Balaban J connectivity index is 1.63. The molecule has 2 N–H and O–H groups in total. The average molecular weight is 352 g/mol. The van der Waals surface area contributed by atoms with Gasteiger partial charge in [0.15, 0.2) is 0 Å². The molecule has 1 saturated heterocycles. The SMILES string of the molecule is Cc1ccccc1CC(=O)Nc1ccccc1C(=O)NC[C@@H]1CCCO1. The van der Waals surface area contributed by atoms with Gasteiger partial charge in [0, 0.05) is 13.2 Å². The molecule has 1 heterocycles. The zero-order valence-electron chi connectivity index (χ0n) is 15.0. The molecule has 0 unspecified atom stereocenters. The normalized spacial score (nSPS) is 16.3. The Labute approximate surface area is 153 Å². The molecule has 0 aromatic heterocycles. The standard InChI is InChI=1S/C21H24N2O3/c1-15-7-2-3-8-16(15)13-20(24)23-19-11-5-4-10-18(19)21(25)22-14-17-9-6-12-26-17/h2-5,7-8,10-11,17H,6,9,12-14H2,1H3,(H,22,25)(H,23,24)/t17-/m0/s1. The van der Waals surface area contributed by atoms with Crippen molar-refractivity contribution in [1.29, 1.82) is 0 Å². The highest BCUT2D eigenvalue weighted by Gasteiger charge is 2.18. The second-order valence-electron chi connectivity index (χ2n) is 6.54. The van der Waals surface area contributed by atoms with Gasteiger partial charge in [-0.05, 0) is 43.0 Å². The van der Waals surface area contributed by atoms with Crippen molar-refractivity contribution in [2.24, 2.45) is 0 Å². The third kappa shape index (κ3) is 4.70. The average Bonchev–Trinajstić information content (AvgIpc) is 3.16. The number of hydrogen-bond acceptors (Lipinski definition) is 3. The fourth-order valence-corrected chi connectivity index (χ4v) is 3.07. The van der Waals surface area contributed by atoms with Crippen molar-refractivity contribution in [3.63, 3.8) is 0 Å². The first kappa shape index (κ1) is 18.1. The first-order chi connectivity index (χ1) is 12.6. The van der Waals surface area contributed by atoms with Crippen molar-refractivity contribution in [1.82, 2.24) is 5.32 Å². The van der Waals surface area contributed by atoms with E-state index in [4.69, 9.17) is 4.74 Å². The number of rotatable bonds is 6. The molecule has 5 heteroatoms. The van der Waals surface area contributed by atoms with Crippen LogP contribution >= 0.6 is 0 Å². The van der Waals surface area contributed by atoms with Crippen LogP contribution in [-0.2, 0) is 16.0 Å². The molecular weight excluding hydrogens is 328 g/mol. The number of nitrogens with one attached hydrogen (secondary N) is 2. The Morgan fingerprint density at radius 3 is 2.65 bits per heavy atom. The van der Waals surface area contributed by atoms with Crippen LogP contribution in [0.15, 0.2) is 48.5 Å². The van der Waals surface area contributed by atoms with Gasteiger partial charge in [-0.3, -0.25) is 9.59 Å². The van der Waals surface area contributed by atoms with Gasteiger partial charge >= 0.3 is 0 Å². The number of carbonyl (C=O) groups is 2. The predicted molar refractivity (Wildman–Crippen MR) is 101 cm³/mol. The van der Waals surface area contributed by atoms with Crippen LogP contribution in [0.3, 0.4) is 0 Å². The van der Waals surface area contributed by atoms with Gasteiger partial charge in [0.05, 0.1) is 23.8 Å². The summed E-state index contributed by atoms with van der Waals surface area (Å²) in [7, 11) is 0. The van der Waals surface area contributed by atoms with E-state index in [9.17, 15) is 9.59 Å². The number of aryl methyl sites for hydroxylation is 1. The monoisotopic (exact) mass is 352 g/mol. The lowest BCUT2D eigenvalue weighted by atomic mass is 10.1. The van der Waals surface area contributed by atoms with Gasteiger partial charge in [-0.15, -0.1) is 0 Å². The summed E-state index contributed by atoms with van der Waals surface area (Å²) in [4.78, 5) is 24.9. The Morgan fingerprint density at radius 2 is 1.88 bits per heavy atom. The Kier molecular flexibility index (Phi) is 6.02. The predicted octanol–water partition coefficient (Wildman–Crippen LogP) is 3.09. The van der Waals surface area contributed by atoms with Gasteiger partial charge in [0.2, 0.25) is 5.91 Å². The third-order valence-electron chi connectivity index (χ3n) is 4.57. The van der Waals surface area contributed by atoms with Crippen LogP contribution in [0.1, 0.15) is 34.3 Å². The topological polar surface area (TPSA) is 67.4 Å². The van der Waals surface area contributed by atoms with Crippen LogP contribution < -0.4 is 10.6 Å². The molecule has 5 nitrogen and oxygen atoms in total. The highest BCUT2D eigenvalue weighted by molar-refractivity contribution is 6.04. The first-order valence-electron chi connectivity index (χ1n) is 8.96. The van der Waals surface area contributed by atoms with Gasteiger partial charge in [-0.1, -0.05) is 36.4 Å². The lowest BCUT2D eigenvalue weighted by Gasteiger charge is -2.14. The van der Waals surface area contributed by atoms with Gasteiger partial charge in [-0.2, -0.15) is 0 Å². The fourth-order valence-electron chi connectivity index (χ4n) is 3.07. The maximum atomic E-state index is 12.5. The molecule has 0 radical (unpaired) electrons. The van der Waals surface area contributed by atoms with E-state index in [2.05, 4.69) is 10.6 Å².